The van der Waals surface area contributed by atoms with E-state index in [0.717, 1.165) is 28.3 Å². The fourth-order valence-electron chi connectivity index (χ4n) is 7.82. The highest BCUT2D eigenvalue weighted by atomic mass is 14.9. The SMILES string of the molecule is C/C=C\C=C/Cc1nc(-c2ccc(-c3ccc4ccccc4c3)cc2)c2c(n1)C1(c3ccccc3-c3ccccc31)c1ccccc1-2. The van der Waals surface area contributed by atoms with E-state index in [1.807, 2.05) is 13.0 Å². The van der Waals surface area contributed by atoms with Crippen LogP contribution in [0.25, 0.3) is 55.4 Å². The van der Waals surface area contributed by atoms with Gasteiger partial charge in [-0.05, 0) is 68.3 Å². The number of hydrogen-bond acceptors (Lipinski definition) is 2. The number of nitrogens with zero attached hydrogens (tertiary/aromatic N) is 2. The minimum absolute atomic E-state index is 0.510. The topological polar surface area (TPSA) is 25.8 Å². The molecule has 1 spiro atoms. The number of fused-ring (bicyclic) bond motifs is 11. The van der Waals surface area contributed by atoms with E-state index in [1.54, 1.807) is 0 Å². The summed E-state index contributed by atoms with van der Waals surface area (Å²) in [6.07, 6.45) is 8.98. The van der Waals surface area contributed by atoms with Gasteiger partial charge in [0.2, 0.25) is 0 Å². The molecule has 2 aliphatic carbocycles. The monoisotopic (exact) mass is 600 g/mol. The van der Waals surface area contributed by atoms with E-state index in [1.165, 1.54) is 55.3 Å². The lowest BCUT2D eigenvalue weighted by Gasteiger charge is -2.29. The van der Waals surface area contributed by atoms with Gasteiger partial charge in [0.15, 0.2) is 0 Å². The summed E-state index contributed by atoms with van der Waals surface area (Å²) in [7, 11) is 0. The largest absolute Gasteiger partial charge is 0.235 e. The predicted molar refractivity (Wildman–Crippen MR) is 194 cm³/mol. The zero-order chi connectivity index (χ0) is 31.4. The van der Waals surface area contributed by atoms with Crippen molar-refractivity contribution in [2.24, 2.45) is 0 Å². The lowest BCUT2D eigenvalue weighted by Crippen LogP contribution is -2.27. The maximum Gasteiger partial charge on any atom is 0.133 e. The summed E-state index contributed by atoms with van der Waals surface area (Å²) in [5.41, 5.74) is 13.8. The highest BCUT2D eigenvalue weighted by Gasteiger charge is 2.53. The minimum Gasteiger partial charge on any atom is -0.235 e. The molecule has 0 amide bonds. The molecule has 2 heteroatoms. The first-order valence-corrected chi connectivity index (χ1v) is 16.4. The van der Waals surface area contributed by atoms with Gasteiger partial charge in [-0.1, -0.05) is 158 Å². The van der Waals surface area contributed by atoms with Gasteiger partial charge < -0.3 is 0 Å². The van der Waals surface area contributed by atoms with Gasteiger partial charge in [-0.25, -0.2) is 9.97 Å². The van der Waals surface area contributed by atoms with Gasteiger partial charge >= 0.3 is 0 Å². The first kappa shape index (κ1) is 27.5. The van der Waals surface area contributed by atoms with Crippen molar-refractivity contribution in [3.05, 3.63) is 192 Å². The summed E-state index contributed by atoms with van der Waals surface area (Å²) in [4.78, 5) is 10.8. The Hall–Kier alpha value is -5.86. The number of hydrogen-bond donors (Lipinski definition) is 0. The molecule has 0 atom stereocenters. The smallest absolute Gasteiger partial charge is 0.133 e. The average molecular weight is 601 g/mol. The molecule has 47 heavy (non-hydrogen) atoms. The van der Waals surface area contributed by atoms with E-state index in [0.29, 0.717) is 6.42 Å². The van der Waals surface area contributed by atoms with Gasteiger partial charge in [-0.3, -0.25) is 0 Å². The summed E-state index contributed by atoms with van der Waals surface area (Å²) in [5, 5.41) is 2.50. The zero-order valence-electron chi connectivity index (χ0n) is 26.2. The van der Waals surface area contributed by atoms with Crippen LogP contribution in [-0.2, 0) is 11.8 Å². The van der Waals surface area contributed by atoms with E-state index in [2.05, 4.69) is 158 Å². The van der Waals surface area contributed by atoms with Crippen molar-refractivity contribution in [1.29, 1.82) is 0 Å². The lowest BCUT2D eigenvalue weighted by molar-refractivity contribution is 0.745. The minimum atomic E-state index is -0.510. The second-order valence-corrected chi connectivity index (χ2v) is 12.4. The Balaban J connectivity index is 1.28. The molecule has 0 unspecified atom stereocenters. The molecule has 0 bridgehead atoms. The summed E-state index contributed by atoms with van der Waals surface area (Å²) < 4.78 is 0. The summed E-state index contributed by atoms with van der Waals surface area (Å²) in [5.74, 6) is 0.826. The van der Waals surface area contributed by atoms with E-state index in [4.69, 9.17) is 9.97 Å². The predicted octanol–water partition coefficient (Wildman–Crippen LogP) is 11.0. The average Bonchev–Trinajstić information content (AvgIpc) is 3.60. The Morgan fingerprint density at radius 2 is 1.11 bits per heavy atom. The molecule has 1 aromatic heterocycles. The normalized spacial score (nSPS) is 13.7. The molecule has 0 fully saturated rings. The fraction of sp³-hybridized carbons (Fsp3) is 0.0667. The highest BCUT2D eigenvalue weighted by Crippen LogP contribution is 2.63. The van der Waals surface area contributed by atoms with Crippen molar-refractivity contribution in [2.75, 3.05) is 0 Å². The van der Waals surface area contributed by atoms with Crippen molar-refractivity contribution >= 4 is 10.8 Å². The molecular formula is C45H32N2. The summed E-state index contributed by atoms with van der Waals surface area (Å²) >= 11 is 0. The van der Waals surface area contributed by atoms with Crippen LogP contribution in [-0.4, -0.2) is 9.97 Å². The van der Waals surface area contributed by atoms with Gasteiger partial charge in [-0.15, -0.1) is 0 Å². The Morgan fingerprint density at radius 1 is 0.532 bits per heavy atom. The van der Waals surface area contributed by atoms with Crippen molar-refractivity contribution in [1.82, 2.24) is 9.97 Å². The summed E-state index contributed by atoms with van der Waals surface area (Å²) in [6, 6.07) is 50.8. The molecule has 1 heterocycles. The van der Waals surface area contributed by atoms with E-state index in [-0.39, 0.29) is 0 Å². The highest BCUT2D eigenvalue weighted by molar-refractivity contribution is 5.98. The molecular weight excluding hydrogens is 569 g/mol. The van der Waals surface area contributed by atoms with Crippen LogP contribution in [0.15, 0.2) is 164 Å². The summed E-state index contributed by atoms with van der Waals surface area (Å²) in [6.45, 7) is 2.03. The molecule has 2 aliphatic rings. The van der Waals surface area contributed by atoms with Crippen LogP contribution >= 0.6 is 0 Å². The third-order valence-electron chi connectivity index (χ3n) is 9.84. The maximum atomic E-state index is 5.49. The molecule has 7 aromatic rings. The Morgan fingerprint density at radius 3 is 1.81 bits per heavy atom. The van der Waals surface area contributed by atoms with Gasteiger partial charge in [0.05, 0.1) is 16.8 Å². The van der Waals surface area contributed by atoms with Crippen LogP contribution in [0.2, 0.25) is 0 Å². The quantitative estimate of drug-likeness (QED) is 0.184. The van der Waals surface area contributed by atoms with E-state index in [9.17, 15) is 0 Å². The second-order valence-electron chi connectivity index (χ2n) is 12.4. The van der Waals surface area contributed by atoms with Crippen LogP contribution < -0.4 is 0 Å². The lowest BCUT2D eigenvalue weighted by atomic mass is 9.72. The van der Waals surface area contributed by atoms with Crippen molar-refractivity contribution in [3.8, 4) is 44.6 Å². The zero-order valence-corrected chi connectivity index (χ0v) is 26.2. The van der Waals surface area contributed by atoms with Gasteiger partial charge in [0, 0.05) is 17.5 Å². The number of allylic oxidation sites excluding steroid dienone is 4. The Bertz CT molecular complexity index is 2350. The molecule has 0 saturated heterocycles. The van der Waals surface area contributed by atoms with Crippen LogP contribution in [0.4, 0.5) is 0 Å². The van der Waals surface area contributed by atoms with Crippen molar-refractivity contribution in [3.63, 3.8) is 0 Å². The molecule has 222 valence electrons. The third kappa shape index (κ3) is 4.11. The second kappa shape index (κ2) is 10.9. The van der Waals surface area contributed by atoms with Crippen LogP contribution in [0.3, 0.4) is 0 Å². The van der Waals surface area contributed by atoms with E-state index >= 15 is 0 Å². The number of rotatable bonds is 5. The molecule has 0 saturated carbocycles. The van der Waals surface area contributed by atoms with Gasteiger partial charge in [0.25, 0.3) is 0 Å². The van der Waals surface area contributed by atoms with Crippen LogP contribution in [0.1, 0.15) is 35.1 Å². The molecule has 0 N–H and O–H groups in total. The fourth-order valence-corrected chi connectivity index (χ4v) is 7.82. The molecule has 0 aliphatic heterocycles. The van der Waals surface area contributed by atoms with Crippen LogP contribution in [0, 0.1) is 0 Å². The number of aromatic nitrogens is 2. The Labute approximate surface area is 275 Å². The maximum absolute atomic E-state index is 5.49. The Kier molecular flexibility index (Phi) is 6.36. The molecule has 0 radical (unpaired) electrons. The molecule has 9 rings (SSSR count). The van der Waals surface area contributed by atoms with Crippen LogP contribution in [0.5, 0.6) is 0 Å². The van der Waals surface area contributed by atoms with Gasteiger partial charge in [0.1, 0.15) is 5.82 Å². The standard InChI is InChI=1S/C45H32N2/c1-2-3-4-5-22-41-46-43(32-26-23-31(24-27-32)34-28-25-30-14-6-7-15-33(30)29-34)42-37-18-10-13-21-40(37)45(44(42)47-41)38-19-11-8-16-35(38)36-17-9-12-20-39(36)45/h2-21,23-29H,22H2,1H3/b3-2-,5-4-. The molecule has 6 aromatic carbocycles. The first-order valence-electron chi connectivity index (χ1n) is 16.4. The molecule has 2 nitrogen and oxygen atoms in total. The number of benzene rings is 6. The van der Waals surface area contributed by atoms with Crippen molar-refractivity contribution in [2.45, 2.75) is 18.8 Å². The third-order valence-corrected chi connectivity index (χ3v) is 9.84. The van der Waals surface area contributed by atoms with Gasteiger partial charge in [-0.2, -0.15) is 0 Å². The van der Waals surface area contributed by atoms with Crippen molar-refractivity contribution < 1.29 is 0 Å². The first-order chi connectivity index (χ1) is 23.3. The van der Waals surface area contributed by atoms with E-state index < -0.39 is 5.41 Å².